The first-order valence-corrected chi connectivity index (χ1v) is 18.0. The summed E-state index contributed by atoms with van der Waals surface area (Å²) in [6.07, 6.45) is 9.06. The molecule has 3 aromatic rings. The molecule has 3 nitrogen and oxygen atoms in total. The molecule has 2 aliphatic carbocycles. The van der Waals surface area contributed by atoms with Gasteiger partial charge in [0.05, 0.1) is 24.2 Å². The Balaban J connectivity index is 1.25. The number of nitrogens with zero attached hydrogens (tertiary/aromatic N) is 2. The average molecular weight is 573 g/mol. The van der Waals surface area contributed by atoms with E-state index in [-0.39, 0.29) is 5.82 Å². The van der Waals surface area contributed by atoms with Crippen LogP contribution >= 0.6 is 0 Å². The largest absolute Gasteiger partial charge is 0.412 e. The zero-order valence-electron chi connectivity index (χ0n) is 26.2. The SMILES string of the molecule is CC1C2=C(CCCC2CCc2ccc(CO[Si](C(C)C)(C(C)C)C(C)C)cc2)Cc2c1cnn2-c1ccc(F)cc1. The van der Waals surface area contributed by atoms with Crippen LogP contribution in [0, 0.1) is 11.7 Å². The highest BCUT2D eigenvalue weighted by Gasteiger charge is 2.45. The number of aromatic nitrogens is 2. The second-order valence-electron chi connectivity index (χ2n) is 13.4. The zero-order chi connectivity index (χ0) is 29.3. The fourth-order valence-electron chi connectivity index (χ4n) is 8.25. The predicted octanol–water partition coefficient (Wildman–Crippen LogP) is 10.1. The lowest BCUT2D eigenvalue weighted by Gasteiger charge is -2.42. The first kappa shape index (κ1) is 30.0. The molecule has 2 aliphatic rings. The highest BCUT2D eigenvalue weighted by Crippen LogP contribution is 2.47. The van der Waals surface area contributed by atoms with Crippen LogP contribution in [0.15, 0.2) is 65.9 Å². The van der Waals surface area contributed by atoms with Gasteiger partial charge in [0, 0.05) is 17.9 Å². The molecule has 2 unspecified atom stereocenters. The fraction of sp³-hybridized carbons (Fsp3) is 0.528. The summed E-state index contributed by atoms with van der Waals surface area (Å²) in [5, 5.41) is 4.75. The third-order valence-corrected chi connectivity index (χ3v) is 16.2. The van der Waals surface area contributed by atoms with Crippen molar-refractivity contribution in [3.8, 4) is 5.69 Å². The van der Waals surface area contributed by atoms with Crippen molar-refractivity contribution in [3.63, 3.8) is 0 Å². The van der Waals surface area contributed by atoms with E-state index in [4.69, 9.17) is 9.52 Å². The zero-order valence-corrected chi connectivity index (χ0v) is 27.2. The highest BCUT2D eigenvalue weighted by molar-refractivity contribution is 6.77. The van der Waals surface area contributed by atoms with Gasteiger partial charge in [-0.25, -0.2) is 9.07 Å². The normalized spacial score (nSPS) is 19.3. The fourth-order valence-corrected chi connectivity index (χ4v) is 13.7. The van der Waals surface area contributed by atoms with Gasteiger partial charge in [0.1, 0.15) is 5.82 Å². The van der Waals surface area contributed by atoms with E-state index in [9.17, 15) is 4.39 Å². The molecule has 2 atom stereocenters. The number of aryl methyl sites for hydroxylation is 1. The van der Waals surface area contributed by atoms with Crippen LogP contribution in [-0.4, -0.2) is 18.1 Å². The maximum Gasteiger partial charge on any atom is 0.200 e. The molecular formula is C36H49FN2OSi. The second-order valence-corrected chi connectivity index (χ2v) is 18.9. The molecule has 0 radical (unpaired) electrons. The molecule has 1 heterocycles. The van der Waals surface area contributed by atoms with Gasteiger partial charge in [0.25, 0.3) is 0 Å². The van der Waals surface area contributed by atoms with Crippen LogP contribution in [0.25, 0.3) is 5.69 Å². The summed E-state index contributed by atoms with van der Waals surface area (Å²) >= 11 is 0. The maximum atomic E-state index is 13.5. The number of hydrogen-bond donors (Lipinski definition) is 0. The van der Waals surface area contributed by atoms with Crippen molar-refractivity contribution in [1.82, 2.24) is 9.78 Å². The lowest BCUT2D eigenvalue weighted by Crippen LogP contribution is -2.47. The molecule has 41 heavy (non-hydrogen) atoms. The first-order chi connectivity index (χ1) is 19.6. The van der Waals surface area contributed by atoms with Gasteiger partial charge in [-0.15, -0.1) is 0 Å². The molecule has 0 saturated carbocycles. The number of halogens is 1. The van der Waals surface area contributed by atoms with E-state index in [0.29, 0.717) is 28.5 Å². The van der Waals surface area contributed by atoms with Gasteiger partial charge in [0.15, 0.2) is 0 Å². The average Bonchev–Trinajstić information content (AvgIpc) is 3.37. The Hall–Kier alpha value is -2.50. The summed E-state index contributed by atoms with van der Waals surface area (Å²) in [5.74, 6) is 0.812. The van der Waals surface area contributed by atoms with Crippen LogP contribution in [0.1, 0.15) is 102 Å². The van der Waals surface area contributed by atoms with Gasteiger partial charge < -0.3 is 4.43 Å². The van der Waals surface area contributed by atoms with Crippen molar-refractivity contribution >= 4 is 8.32 Å². The Morgan fingerprint density at radius 3 is 2.20 bits per heavy atom. The van der Waals surface area contributed by atoms with Gasteiger partial charge in [-0.1, -0.05) is 83.9 Å². The van der Waals surface area contributed by atoms with Crippen LogP contribution in [-0.2, 0) is 23.9 Å². The van der Waals surface area contributed by atoms with Crippen molar-refractivity contribution in [2.24, 2.45) is 5.92 Å². The van der Waals surface area contributed by atoms with Crippen molar-refractivity contribution < 1.29 is 8.82 Å². The van der Waals surface area contributed by atoms with Crippen molar-refractivity contribution in [2.75, 3.05) is 0 Å². The summed E-state index contributed by atoms with van der Waals surface area (Å²) < 4.78 is 22.4. The molecule has 0 spiro atoms. The minimum atomic E-state index is -1.86. The Kier molecular flexibility index (Phi) is 9.06. The summed E-state index contributed by atoms with van der Waals surface area (Å²) in [4.78, 5) is 0. The number of fused-ring (bicyclic) bond motifs is 1. The molecule has 5 rings (SSSR count). The second kappa shape index (κ2) is 12.4. The molecule has 0 saturated heterocycles. The Morgan fingerprint density at radius 2 is 1.56 bits per heavy atom. The lowest BCUT2D eigenvalue weighted by molar-refractivity contribution is 0.266. The topological polar surface area (TPSA) is 27.1 Å². The van der Waals surface area contributed by atoms with Gasteiger partial charge in [-0.05, 0) is 90.0 Å². The van der Waals surface area contributed by atoms with Crippen LogP contribution in [0.2, 0.25) is 16.6 Å². The van der Waals surface area contributed by atoms with Crippen molar-refractivity contribution in [2.45, 2.75) is 116 Å². The quantitative estimate of drug-likeness (QED) is 0.178. The van der Waals surface area contributed by atoms with Gasteiger partial charge in [-0.3, -0.25) is 0 Å². The number of hydrogen-bond acceptors (Lipinski definition) is 2. The van der Waals surface area contributed by atoms with Crippen LogP contribution < -0.4 is 0 Å². The first-order valence-electron chi connectivity index (χ1n) is 15.9. The Morgan fingerprint density at radius 1 is 0.927 bits per heavy atom. The smallest absolute Gasteiger partial charge is 0.200 e. The third-order valence-electron chi connectivity index (χ3n) is 10.2. The Bertz CT molecular complexity index is 1330. The highest BCUT2D eigenvalue weighted by atomic mass is 28.4. The molecule has 0 amide bonds. The Labute approximate surface area is 248 Å². The van der Waals surface area contributed by atoms with Crippen molar-refractivity contribution in [3.05, 3.63) is 94.1 Å². The van der Waals surface area contributed by atoms with Gasteiger partial charge >= 0.3 is 0 Å². The predicted molar refractivity (Wildman–Crippen MR) is 171 cm³/mol. The number of allylic oxidation sites excluding steroid dienone is 2. The monoisotopic (exact) mass is 572 g/mol. The van der Waals surface area contributed by atoms with E-state index in [1.807, 2.05) is 16.8 Å². The van der Waals surface area contributed by atoms with Crippen LogP contribution in [0.3, 0.4) is 0 Å². The van der Waals surface area contributed by atoms with E-state index >= 15 is 0 Å². The minimum absolute atomic E-state index is 0.210. The lowest BCUT2D eigenvalue weighted by atomic mass is 9.69. The molecule has 2 aromatic carbocycles. The van der Waals surface area contributed by atoms with E-state index in [2.05, 4.69) is 78.9 Å². The number of rotatable bonds is 10. The van der Waals surface area contributed by atoms with Crippen molar-refractivity contribution in [1.29, 1.82) is 0 Å². The molecular weight excluding hydrogens is 523 g/mol. The summed E-state index contributed by atoms with van der Waals surface area (Å²) in [7, 11) is -1.86. The van der Waals surface area contributed by atoms with E-state index in [0.717, 1.165) is 25.1 Å². The summed E-state index contributed by atoms with van der Waals surface area (Å²) in [6.45, 7) is 17.2. The summed E-state index contributed by atoms with van der Waals surface area (Å²) in [5.41, 5.74) is 11.4. The third kappa shape index (κ3) is 5.90. The summed E-state index contributed by atoms with van der Waals surface area (Å²) in [6, 6.07) is 15.9. The van der Waals surface area contributed by atoms with E-state index in [1.165, 1.54) is 60.2 Å². The van der Waals surface area contributed by atoms with Crippen LogP contribution in [0.5, 0.6) is 0 Å². The van der Waals surface area contributed by atoms with Gasteiger partial charge in [0.2, 0.25) is 8.32 Å². The molecule has 1 aromatic heterocycles. The van der Waals surface area contributed by atoms with E-state index in [1.54, 1.807) is 11.1 Å². The minimum Gasteiger partial charge on any atom is -0.412 e. The molecule has 5 heteroatoms. The molecule has 220 valence electrons. The standard InChI is InChI=1S/C36H49FN2OSi/c1-24(2)41(25(3)4,26(5)6)40-23-29-13-11-28(12-14-29)15-16-30-9-8-10-31-21-35-34(27(7)36(30)31)22-38-39(35)33-19-17-32(37)18-20-33/h11-14,17-20,22,24-27,30H,8-10,15-16,21,23H2,1-7H3. The van der Waals surface area contributed by atoms with Gasteiger partial charge in [-0.2, -0.15) is 5.10 Å². The van der Waals surface area contributed by atoms with Crippen LogP contribution in [0.4, 0.5) is 4.39 Å². The maximum absolute atomic E-state index is 13.5. The number of benzene rings is 2. The van der Waals surface area contributed by atoms with E-state index < -0.39 is 8.32 Å². The molecule has 0 bridgehead atoms. The molecule has 0 N–H and O–H groups in total. The molecule has 0 aliphatic heterocycles. The molecule has 0 fully saturated rings.